The minimum atomic E-state index is 0.673. The second kappa shape index (κ2) is 4.99. The largest absolute Gasteiger partial charge is 0.375 e. The zero-order chi connectivity index (χ0) is 12.3. The molecule has 0 fully saturated rings. The fourth-order valence-corrected chi connectivity index (χ4v) is 1.81. The van der Waals surface area contributed by atoms with E-state index < -0.39 is 0 Å². The fraction of sp³-hybridized carbons (Fsp3) is 0.545. The molecule has 6 heteroatoms. The van der Waals surface area contributed by atoms with Crippen LogP contribution in [0.4, 0.5) is 5.69 Å². The number of hydrogen-bond donors (Lipinski definition) is 1. The third-order valence-corrected chi connectivity index (χ3v) is 2.67. The van der Waals surface area contributed by atoms with Gasteiger partial charge in [-0.1, -0.05) is 6.92 Å². The summed E-state index contributed by atoms with van der Waals surface area (Å²) in [7, 11) is 1.93. The highest BCUT2D eigenvalue weighted by Gasteiger charge is 2.07. The molecule has 0 aliphatic carbocycles. The molecule has 1 N–H and O–H groups in total. The van der Waals surface area contributed by atoms with Gasteiger partial charge in [-0.15, -0.1) is 0 Å². The third kappa shape index (κ3) is 2.46. The van der Waals surface area contributed by atoms with Gasteiger partial charge >= 0.3 is 0 Å². The van der Waals surface area contributed by atoms with Crippen LogP contribution in [0.25, 0.3) is 0 Å². The summed E-state index contributed by atoms with van der Waals surface area (Å²) < 4.78 is 3.71. The average molecular weight is 234 g/mol. The Morgan fingerprint density at radius 1 is 1.35 bits per heavy atom. The first-order chi connectivity index (χ1) is 8.24. The van der Waals surface area contributed by atoms with Crippen molar-refractivity contribution in [3.63, 3.8) is 0 Å². The Balaban J connectivity index is 2.06. The van der Waals surface area contributed by atoms with E-state index in [4.69, 9.17) is 0 Å². The number of aryl methyl sites for hydroxylation is 3. The summed E-state index contributed by atoms with van der Waals surface area (Å²) in [5.74, 6) is 0.943. The van der Waals surface area contributed by atoms with Crippen LogP contribution >= 0.6 is 0 Å². The number of hydrogen-bond acceptors (Lipinski definition) is 4. The summed E-state index contributed by atoms with van der Waals surface area (Å²) in [6.07, 6.45) is 4.50. The minimum absolute atomic E-state index is 0.673. The van der Waals surface area contributed by atoms with E-state index in [9.17, 15) is 0 Å². The van der Waals surface area contributed by atoms with Crippen molar-refractivity contribution in [2.24, 2.45) is 7.05 Å². The van der Waals surface area contributed by atoms with Crippen molar-refractivity contribution in [1.82, 2.24) is 24.5 Å². The van der Waals surface area contributed by atoms with Crippen LogP contribution in [0, 0.1) is 0 Å². The molecule has 0 unspecified atom stereocenters. The molecule has 0 radical (unpaired) electrons. The van der Waals surface area contributed by atoms with E-state index in [2.05, 4.69) is 34.3 Å². The summed E-state index contributed by atoms with van der Waals surface area (Å²) in [6, 6.07) is 0. The van der Waals surface area contributed by atoms with E-state index in [0.29, 0.717) is 6.54 Å². The van der Waals surface area contributed by atoms with Crippen molar-refractivity contribution in [1.29, 1.82) is 0 Å². The highest BCUT2D eigenvalue weighted by Crippen LogP contribution is 2.14. The first kappa shape index (κ1) is 11.6. The van der Waals surface area contributed by atoms with Gasteiger partial charge in [0.15, 0.2) is 0 Å². The molecule has 17 heavy (non-hydrogen) atoms. The van der Waals surface area contributed by atoms with Crippen LogP contribution in [-0.4, -0.2) is 24.5 Å². The molecular weight excluding hydrogens is 216 g/mol. The smallest absolute Gasteiger partial charge is 0.146 e. The number of nitrogens with zero attached hydrogens (tertiary/aromatic N) is 5. The Morgan fingerprint density at radius 3 is 2.88 bits per heavy atom. The molecule has 92 valence electrons. The molecule has 6 nitrogen and oxygen atoms in total. The summed E-state index contributed by atoms with van der Waals surface area (Å²) in [6.45, 7) is 5.67. The summed E-state index contributed by atoms with van der Waals surface area (Å²) in [5.41, 5.74) is 2.15. The van der Waals surface area contributed by atoms with Gasteiger partial charge in [-0.05, 0) is 13.3 Å². The second-order valence-corrected chi connectivity index (χ2v) is 3.86. The SMILES string of the molecule is CCc1nn(C)cc1NCc1ncnn1CC. The molecule has 2 rings (SSSR count). The lowest BCUT2D eigenvalue weighted by atomic mass is 10.3. The minimum Gasteiger partial charge on any atom is -0.375 e. The highest BCUT2D eigenvalue weighted by atomic mass is 15.3. The molecule has 0 bridgehead atoms. The summed E-state index contributed by atoms with van der Waals surface area (Å²) in [4.78, 5) is 4.23. The maximum absolute atomic E-state index is 4.38. The monoisotopic (exact) mass is 234 g/mol. The Labute approximate surface area is 101 Å². The van der Waals surface area contributed by atoms with Gasteiger partial charge in [-0.25, -0.2) is 9.67 Å². The number of rotatable bonds is 5. The fourth-order valence-electron chi connectivity index (χ4n) is 1.81. The molecular formula is C11H18N6. The zero-order valence-electron chi connectivity index (χ0n) is 10.5. The molecule has 0 saturated carbocycles. The van der Waals surface area contributed by atoms with Crippen LogP contribution in [0.15, 0.2) is 12.5 Å². The molecule has 0 amide bonds. The van der Waals surface area contributed by atoms with E-state index >= 15 is 0 Å². The molecule has 0 aliphatic rings. The summed E-state index contributed by atoms with van der Waals surface area (Å²) in [5, 5.41) is 11.9. The van der Waals surface area contributed by atoms with Crippen LogP contribution in [0.1, 0.15) is 25.4 Å². The Bertz CT molecular complexity index is 484. The molecule has 0 atom stereocenters. The van der Waals surface area contributed by atoms with Crippen LogP contribution in [0.3, 0.4) is 0 Å². The van der Waals surface area contributed by atoms with Gasteiger partial charge in [-0.2, -0.15) is 10.2 Å². The molecule has 0 aromatic carbocycles. The van der Waals surface area contributed by atoms with Gasteiger partial charge in [0, 0.05) is 19.8 Å². The van der Waals surface area contributed by atoms with Gasteiger partial charge in [-0.3, -0.25) is 4.68 Å². The molecule has 2 aromatic rings. The lowest BCUT2D eigenvalue weighted by Gasteiger charge is -2.05. The number of nitrogens with one attached hydrogen (secondary N) is 1. The van der Waals surface area contributed by atoms with Gasteiger partial charge in [0.1, 0.15) is 12.2 Å². The molecule has 2 aromatic heterocycles. The maximum Gasteiger partial charge on any atom is 0.146 e. The van der Waals surface area contributed by atoms with E-state index in [1.54, 1.807) is 6.33 Å². The third-order valence-electron chi connectivity index (χ3n) is 2.67. The van der Waals surface area contributed by atoms with Crippen LogP contribution < -0.4 is 5.32 Å². The van der Waals surface area contributed by atoms with E-state index in [1.807, 2.05) is 22.6 Å². The normalized spacial score (nSPS) is 10.8. The Hall–Kier alpha value is -1.85. The lowest BCUT2D eigenvalue weighted by molar-refractivity contribution is 0.622. The van der Waals surface area contributed by atoms with Crippen molar-refractivity contribution >= 4 is 5.69 Å². The van der Waals surface area contributed by atoms with E-state index in [1.165, 1.54) is 0 Å². The van der Waals surface area contributed by atoms with E-state index in [0.717, 1.165) is 30.2 Å². The van der Waals surface area contributed by atoms with Crippen molar-refractivity contribution < 1.29 is 0 Å². The van der Waals surface area contributed by atoms with Crippen molar-refractivity contribution in [3.8, 4) is 0 Å². The molecule has 0 spiro atoms. The Morgan fingerprint density at radius 2 is 2.18 bits per heavy atom. The van der Waals surface area contributed by atoms with Gasteiger partial charge in [0.05, 0.1) is 17.9 Å². The predicted octanol–water partition coefficient (Wildman–Crippen LogP) is 1.21. The van der Waals surface area contributed by atoms with Crippen molar-refractivity contribution in [3.05, 3.63) is 24.0 Å². The predicted molar refractivity (Wildman–Crippen MR) is 65.6 cm³/mol. The van der Waals surface area contributed by atoms with Crippen LogP contribution in [0.5, 0.6) is 0 Å². The second-order valence-electron chi connectivity index (χ2n) is 3.86. The van der Waals surface area contributed by atoms with Gasteiger partial charge in [0.25, 0.3) is 0 Å². The first-order valence-electron chi connectivity index (χ1n) is 5.87. The highest BCUT2D eigenvalue weighted by molar-refractivity contribution is 5.46. The van der Waals surface area contributed by atoms with Gasteiger partial charge < -0.3 is 5.32 Å². The van der Waals surface area contributed by atoms with Crippen molar-refractivity contribution in [2.45, 2.75) is 33.4 Å². The van der Waals surface area contributed by atoms with Crippen LogP contribution in [0.2, 0.25) is 0 Å². The number of aromatic nitrogens is 5. The van der Waals surface area contributed by atoms with Crippen LogP contribution in [-0.2, 0) is 26.6 Å². The maximum atomic E-state index is 4.38. The quantitative estimate of drug-likeness (QED) is 0.844. The summed E-state index contributed by atoms with van der Waals surface area (Å²) >= 11 is 0. The number of anilines is 1. The lowest BCUT2D eigenvalue weighted by Crippen LogP contribution is -2.09. The standard InChI is InChI=1S/C11H18N6/c1-4-9-10(7-16(3)15-9)12-6-11-13-8-14-17(11)5-2/h7-8,12H,4-6H2,1-3H3. The van der Waals surface area contributed by atoms with Gasteiger partial charge in [0.2, 0.25) is 0 Å². The zero-order valence-corrected chi connectivity index (χ0v) is 10.5. The first-order valence-corrected chi connectivity index (χ1v) is 5.87. The average Bonchev–Trinajstić information content (AvgIpc) is 2.91. The Kier molecular flexibility index (Phi) is 3.41. The van der Waals surface area contributed by atoms with Crippen molar-refractivity contribution in [2.75, 3.05) is 5.32 Å². The molecule has 2 heterocycles. The molecule has 0 aliphatic heterocycles. The topological polar surface area (TPSA) is 60.6 Å². The molecule has 0 saturated heterocycles. The van der Waals surface area contributed by atoms with E-state index in [-0.39, 0.29) is 0 Å².